The van der Waals surface area contributed by atoms with Gasteiger partial charge < -0.3 is 65.0 Å². The van der Waals surface area contributed by atoms with E-state index in [1.54, 1.807) is 0 Å². The molecule has 0 unspecified atom stereocenters. The van der Waals surface area contributed by atoms with Crippen LogP contribution in [0.15, 0.2) is 0 Å². The quantitative estimate of drug-likeness (QED) is 0.181. The molecule has 166 valence electrons. The van der Waals surface area contributed by atoms with Crippen LogP contribution in [0, 0.1) is 0 Å². The Morgan fingerprint density at radius 1 is 0.556 bits per heavy atom. The predicted molar refractivity (Wildman–Crippen MR) is 86.5 cm³/mol. The van der Waals surface area contributed by atoms with Crippen LogP contribution in [0.2, 0.25) is 0 Å². The zero-order valence-corrected chi connectivity index (χ0v) is 22.0. The van der Waals surface area contributed by atoms with Crippen LogP contribution in [0.5, 0.6) is 0 Å². The van der Waals surface area contributed by atoms with Crippen molar-refractivity contribution in [1.82, 2.24) is 0 Å². The second-order valence-electron chi connectivity index (χ2n) is 6.07. The Bertz CT molecular complexity index is 231. The molecule has 0 rings (SSSR count). The van der Waals surface area contributed by atoms with Crippen molar-refractivity contribution in [2.45, 2.75) is 110 Å². The van der Waals surface area contributed by atoms with Gasteiger partial charge in [-0.2, -0.15) is 0 Å². The third kappa shape index (κ3) is 52.3. The predicted octanol–water partition coefficient (Wildman–Crippen LogP) is -7.17. The molecule has 0 aromatic heterocycles. The summed E-state index contributed by atoms with van der Waals surface area (Å²) in [5.41, 5.74) is 0. The van der Waals surface area contributed by atoms with E-state index in [9.17, 15) is 9.90 Å². The van der Waals surface area contributed by atoms with Crippen LogP contribution in [0.3, 0.4) is 0 Å². The van der Waals surface area contributed by atoms with Crippen molar-refractivity contribution in [2.24, 2.45) is 0 Å². The molecule has 0 aromatic rings. The average molecular weight is 546 g/mol. The Balaban J connectivity index is -0.0000000860. The second-order valence-corrected chi connectivity index (χ2v) is 6.07. The van der Waals surface area contributed by atoms with Gasteiger partial charge in [0.05, 0.1) is 0 Å². The second kappa shape index (κ2) is 46.1. The minimum atomic E-state index is -0.903. The van der Waals surface area contributed by atoms with Gasteiger partial charge in [0.2, 0.25) is 0 Å². The van der Waals surface area contributed by atoms with Gasteiger partial charge in [-0.15, -0.1) is 0 Å². The van der Waals surface area contributed by atoms with E-state index in [2.05, 4.69) is 6.92 Å². The van der Waals surface area contributed by atoms with E-state index in [1.165, 1.54) is 83.5 Å². The molecule has 0 aliphatic rings. The van der Waals surface area contributed by atoms with E-state index in [1.807, 2.05) is 0 Å². The Morgan fingerprint density at radius 2 is 0.778 bits per heavy atom. The number of unbranched alkanes of at least 4 members (excludes halogenated alkanes) is 14. The molecular formula is C18H36Cl4Cr2O3. The average Bonchev–Trinajstić information content (AvgIpc) is 2.43. The van der Waals surface area contributed by atoms with E-state index in [-0.39, 0.29) is 96.2 Å². The van der Waals surface area contributed by atoms with E-state index in [4.69, 9.17) is 0 Å². The van der Waals surface area contributed by atoms with Gasteiger partial charge in [-0.05, 0) is 12.8 Å². The fraction of sp³-hybridized carbons (Fsp3) is 0.944. The first-order valence-corrected chi connectivity index (χ1v) is 8.97. The number of carboxylic acid groups (broad SMARTS) is 1. The summed E-state index contributed by atoms with van der Waals surface area (Å²) in [5.74, 6) is -0.903. The molecule has 0 heterocycles. The van der Waals surface area contributed by atoms with Crippen LogP contribution in [0.25, 0.3) is 0 Å². The molecule has 0 fully saturated rings. The van der Waals surface area contributed by atoms with Crippen LogP contribution in [0.1, 0.15) is 110 Å². The molecule has 0 bridgehead atoms. The molecule has 0 saturated carbocycles. The molecule has 0 aliphatic carbocycles. The van der Waals surface area contributed by atoms with Gasteiger partial charge in [0.25, 0.3) is 0 Å². The number of carbonyl (C=O) groups excluding carboxylic acids is 1. The molecule has 0 saturated heterocycles. The molecule has 9 heteroatoms. The summed E-state index contributed by atoms with van der Waals surface area (Å²) >= 11 is 0. The van der Waals surface area contributed by atoms with E-state index in [0.29, 0.717) is 0 Å². The summed E-state index contributed by atoms with van der Waals surface area (Å²) in [7, 11) is 0. The summed E-state index contributed by atoms with van der Waals surface area (Å²) in [4.78, 5) is 10.2. The fourth-order valence-electron chi connectivity index (χ4n) is 2.64. The molecule has 2 radical (unpaired) electrons. The van der Waals surface area contributed by atoms with Crippen molar-refractivity contribution in [2.75, 3.05) is 0 Å². The maximum absolute atomic E-state index is 10.2. The van der Waals surface area contributed by atoms with Gasteiger partial charge in [0.15, 0.2) is 0 Å². The summed E-state index contributed by atoms with van der Waals surface area (Å²) in [6.45, 7) is 2.27. The zero-order chi connectivity index (χ0) is 14.9. The van der Waals surface area contributed by atoms with Crippen molar-refractivity contribution in [1.29, 1.82) is 0 Å². The van der Waals surface area contributed by atoms with Gasteiger partial charge >= 0.3 is 34.7 Å². The van der Waals surface area contributed by atoms with Crippen LogP contribution >= 0.6 is 0 Å². The van der Waals surface area contributed by atoms with Gasteiger partial charge in [-0.1, -0.05) is 96.8 Å². The Labute approximate surface area is 214 Å². The van der Waals surface area contributed by atoms with E-state index >= 15 is 0 Å². The van der Waals surface area contributed by atoms with E-state index in [0.717, 1.165) is 12.8 Å². The minimum absolute atomic E-state index is 0. The molecule has 27 heavy (non-hydrogen) atoms. The molecule has 1 N–H and O–H groups in total. The maximum Gasteiger partial charge on any atom is 3.00 e. The third-order valence-electron chi connectivity index (χ3n) is 3.98. The van der Waals surface area contributed by atoms with Crippen LogP contribution in [-0.2, 0) is 39.5 Å². The number of aliphatic carboxylic acids is 1. The SMILES string of the molecule is CCCCCCCCCCCCCCCCCC(=O)[O-].[Cl-].[Cl-].[Cl-].[Cl-].[Cr+3].[Cr+3].[OH-]. The van der Waals surface area contributed by atoms with Crippen LogP contribution in [-0.4, -0.2) is 11.4 Å². The number of halogens is 4. The molecule has 0 aliphatic heterocycles. The normalized spacial score (nSPS) is 8.04. The largest absolute Gasteiger partial charge is 3.00 e. The topological polar surface area (TPSA) is 70.1 Å². The van der Waals surface area contributed by atoms with Crippen molar-refractivity contribution in [3.8, 4) is 0 Å². The van der Waals surface area contributed by atoms with Gasteiger partial charge in [0, 0.05) is 5.97 Å². The summed E-state index contributed by atoms with van der Waals surface area (Å²) in [6.07, 6.45) is 19.9. The summed E-state index contributed by atoms with van der Waals surface area (Å²) in [5, 5.41) is 10.2. The molecular weight excluding hydrogens is 510 g/mol. The van der Waals surface area contributed by atoms with Crippen LogP contribution in [0.4, 0.5) is 0 Å². The Morgan fingerprint density at radius 3 is 1.00 bits per heavy atom. The maximum atomic E-state index is 10.2. The van der Waals surface area contributed by atoms with Crippen molar-refractivity contribution in [3.63, 3.8) is 0 Å². The fourth-order valence-corrected chi connectivity index (χ4v) is 2.64. The first-order chi connectivity index (χ1) is 9.77. The number of rotatable bonds is 16. The number of hydrogen-bond donors (Lipinski definition) is 0. The number of carbonyl (C=O) groups is 1. The molecule has 0 amide bonds. The van der Waals surface area contributed by atoms with Crippen molar-refractivity contribution < 1.29 is 99.7 Å². The molecule has 0 spiro atoms. The first kappa shape index (κ1) is 51.4. The summed E-state index contributed by atoms with van der Waals surface area (Å²) in [6, 6.07) is 0. The Kier molecular flexibility index (Phi) is 87.6. The minimum Gasteiger partial charge on any atom is -1.00 e. The smallest absolute Gasteiger partial charge is 1.00 e. The third-order valence-corrected chi connectivity index (χ3v) is 3.98. The Hall–Kier alpha value is 1.65. The number of hydrogen-bond acceptors (Lipinski definition) is 3. The van der Waals surface area contributed by atoms with Crippen molar-refractivity contribution in [3.05, 3.63) is 0 Å². The zero-order valence-electron chi connectivity index (χ0n) is 16.4. The van der Waals surface area contributed by atoms with Gasteiger partial charge in [0.1, 0.15) is 0 Å². The molecule has 0 atom stereocenters. The van der Waals surface area contributed by atoms with Crippen LogP contribution < -0.4 is 54.7 Å². The molecule has 3 nitrogen and oxygen atoms in total. The summed E-state index contributed by atoms with van der Waals surface area (Å²) < 4.78 is 0. The van der Waals surface area contributed by atoms with E-state index < -0.39 is 5.97 Å². The van der Waals surface area contributed by atoms with Gasteiger partial charge in [-0.3, -0.25) is 0 Å². The van der Waals surface area contributed by atoms with Crippen molar-refractivity contribution >= 4 is 5.97 Å². The molecule has 0 aromatic carbocycles. The standard InChI is InChI=1S/C18H36O2.4ClH.2Cr.H2O/c1-2-3-4-5-6-7-8-9-10-11-12-13-14-15-16-17-18(19)20;;;;;;;/h2-17H2,1H3,(H,19,20);4*1H;;;1H2/q;;;;;2*+3;/p-6. The first-order valence-electron chi connectivity index (χ1n) is 8.97. The van der Waals surface area contributed by atoms with Gasteiger partial charge in [-0.25, -0.2) is 0 Å². The number of carboxylic acids is 1. The monoisotopic (exact) mass is 544 g/mol.